The van der Waals surface area contributed by atoms with Crippen LogP contribution in [0.5, 0.6) is 0 Å². The van der Waals surface area contributed by atoms with Crippen LogP contribution >= 0.6 is 0 Å². The number of carbonyl (C=O) groups excluding carboxylic acids is 1. The molecule has 1 unspecified atom stereocenters. The molecule has 0 fully saturated rings. The minimum Gasteiger partial charge on any atom is -0.377 e. The molecule has 0 spiro atoms. The van der Waals surface area contributed by atoms with Crippen LogP contribution in [-0.4, -0.2) is 25.2 Å². The van der Waals surface area contributed by atoms with Gasteiger partial charge >= 0.3 is 0 Å². The fourth-order valence-electron chi connectivity index (χ4n) is 1.11. The number of aliphatic imine (C=N–C) groups is 1. The summed E-state index contributed by atoms with van der Waals surface area (Å²) in [5.74, 6) is 0. The minimum absolute atomic E-state index is 0.0863. The van der Waals surface area contributed by atoms with Gasteiger partial charge in [-0.25, -0.2) is 0 Å². The van der Waals surface area contributed by atoms with Gasteiger partial charge in [0.2, 0.25) is 0 Å². The van der Waals surface area contributed by atoms with Crippen molar-refractivity contribution < 1.29 is 9.53 Å². The third-order valence-corrected chi connectivity index (χ3v) is 1.79. The zero-order valence-corrected chi connectivity index (χ0v) is 7.86. The van der Waals surface area contributed by atoms with E-state index in [2.05, 4.69) is 4.99 Å². The first-order chi connectivity index (χ1) is 6.26. The van der Waals surface area contributed by atoms with Gasteiger partial charge in [0.15, 0.2) is 6.29 Å². The summed E-state index contributed by atoms with van der Waals surface area (Å²) in [6.07, 6.45) is 7.49. The summed E-state index contributed by atoms with van der Waals surface area (Å²) in [4.78, 5) is 14.4. The Balaban J connectivity index is 2.74. The molecule has 0 aromatic rings. The summed E-state index contributed by atoms with van der Waals surface area (Å²) in [7, 11) is 1.66. The van der Waals surface area contributed by atoms with Crippen molar-refractivity contribution >= 4 is 12.0 Å². The van der Waals surface area contributed by atoms with Crippen LogP contribution in [0.15, 0.2) is 28.9 Å². The summed E-state index contributed by atoms with van der Waals surface area (Å²) in [5, 5.41) is 0. The molecule has 0 radical (unpaired) electrons. The van der Waals surface area contributed by atoms with E-state index in [0.717, 1.165) is 18.4 Å². The first-order valence-corrected chi connectivity index (χ1v) is 4.18. The van der Waals surface area contributed by atoms with Crippen molar-refractivity contribution in [1.29, 1.82) is 0 Å². The van der Waals surface area contributed by atoms with Crippen molar-refractivity contribution in [1.82, 2.24) is 0 Å². The number of nitrogens with zero attached hydrogens (tertiary/aromatic N) is 1. The Morgan fingerprint density at radius 2 is 2.54 bits per heavy atom. The lowest BCUT2D eigenvalue weighted by atomic mass is 10.1. The van der Waals surface area contributed by atoms with Crippen molar-refractivity contribution in [2.24, 2.45) is 4.99 Å². The molecule has 13 heavy (non-hydrogen) atoms. The Labute approximate surface area is 77.8 Å². The van der Waals surface area contributed by atoms with Gasteiger partial charge in [-0.1, -0.05) is 6.08 Å². The van der Waals surface area contributed by atoms with Crippen LogP contribution in [0.3, 0.4) is 0 Å². The van der Waals surface area contributed by atoms with Crippen LogP contribution in [0.2, 0.25) is 0 Å². The van der Waals surface area contributed by atoms with Crippen LogP contribution in [0.1, 0.15) is 13.3 Å². The van der Waals surface area contributed by atoms with Gasteiger partial charge in [0.25, 0.3) is 0 Å². The average Bonchev–Trinajstić information content (AvgIpc) is 2.18. The van der Waals surface area contributed by atoms with Gasteiger partial charge in [-0.2, -0.15) is 0 Å². The Bertz CT molecular complexity index is 277. The normalized spacial score (nSPS) is 22.8. The fourth-order valence-corrected chi connectivity index (χ4v) is 1.11. The average molecular weight is 179 g/mol. The molecule has 0 saturated heterocycles. The highest BCUT2D eigenvalue weighted by molar-refractivity contribution is 6.27. The van der Waals surface area contributed by atoms with E-state index in [1.807, 2.05) is 18.2 Å². The first-order valence-electron chi connectivity index (χ1n) is 4.18. The van der Waals surface area contributed by atoms with Crippen LogP contribution < -0.4 is 0 Å². The monoisotopic (exact) mass is 179 g/mol. The summed E-state index contributed by atoms with van der Waals surface area (Å²) in [6, 6.07) is 0. The molecular weight excluding hydrogens is 166 g/mol. The number of ether oxygens (including phenoxy) is 1. The van der Waals surface area contributed by atoms with E-state index in [-0.39, 0.29) is 6.10 Å². The predicted molar refractivity (Wildman–Crippen MR) is 51.8 cm³/mol. The highest BCUT2D eigenvalue weighted by Crippen LogP contribution is 2.13. The third-order valence-electron chi connectivity index (χ3n) is 1.79. The first kappa shape index (κ1) is 9.86. The predicted octanol–water partition coefficient (Wildman–Crippen LogP) is 1.50. The van der Waals surface area contributed by atoms with Crippen LogP contribution in [0.4, 0.5) is 0 Å². The zero-order valence-electron chi connectivity index (χ0n) is 7.86. The van der Waals surface area contributed by atoms with Crippen molar-refractivity contribution in [2.75, 3.05) is 7.11 Å². The molecular formula is C10H13NO2. The topological polar surface area (TPSA) is 38.7 Å². The van der Waals surface area contributed by atoms with Crippen molar-refractivity contribution in [2.45, 2.75) is 19.4 Å². The number of hydrogen-bond donors (Lipinski definition) is 0. The van der Waals surface area contributed by atoms with Gasteiger partial charge in [-0.05, 0) is 25.5 Å². The SMILES string of the molecule is COC1C=C(N=C(C)C=O)C=CC1. The molecule has 0 heterocycles. The molecule has 1 atom stereocenters. The minimum atomic E-state index is 0.0863. The Hall–Kier alpha value is -1.22. The largest absolute Gasteiger partial charge is 0.377 e. The lowest BCUT2D eigenvalue weighted by molar-refractivity contribution is -0.102. The molecule has 1 rings (SSSR count). The lowest BCUT2D eigenvalue weighted by Crippen LogP contribution is -2.09. The molecule has 1 aliphatic rings. The maximum absolute atomic E-state index is 10.3. The Morgan fingerprint density at radius 3 is 3.15 bits per heavy atom. The van der Waals surface area contributed by atoms with Gasteiger partial charge in [0.1, 0.15) is 0 Å². The van der Waals surface area contributed by atoms with Gasteiger partial charge < -0.3 is 4.74 Å². The third kappa shape index (κ3) is 2.95. The lowest BCUT2D eigenvalue weighted by Gasteiger charge is -2.12. The molecule has 0 aromatic heterocycles. The number of hydrogen-bond acceptors (Lipinski definition) is 3. The maximum Gasteiger partial charge on any atom is 0.163 e. The van der Waals surface area contributed by atoms with Crippen LogP contribution in [0, 0.1) is 0 Å². The highest BCUT2D eigenvalue weighted by atomic mass is 16.5. The summed E-state index contributed by atoms with van der Waals surface area (Å²) in [5.41, 5.74) is 1.27. The fraction of sp³-hybridized carbons (Fsp3) is 0.400. The molecule has 3 heteroatoms. The summed E-state index contributed by atoms with van der Waals surface area (Å²) in [6.45, 7) is 1.68. The molecule has 3 nitrogen and oxygen atoms in total. The number of rotatable bonds is 3. The summed E-state index contributed by atoms with van der Waals surface area (Å²) < 4.78 is 5.15. The van der Waals surface area contributed by atoms with E-state index in [0.29, 0.717) is 5.71 Å². The van der Waals surface area contributed by atoms with Gasteiger partial charge in [-0.3, -0.25) is 9.79 Å². The van der Waals surface area contributed by atoms with Crippen molar-refractivity contribution in [3.05, 3.63) is 23.9 Å². The van der Waals surface area contributed by atoms with E-state index >= 15 is 0 Å². The molecule has 0 saturated carbocycles. The van der Waals surface area contributed by atoms with Gasteiger partial charge in [-0.15, -0.1) is 0 Å². The van der Waals surface area contributed by atoms with Gasteiger partial charge in [0.05, 0.1) is 17.5 Å². The molecule has 0 N–H and O–H groups in total. The second-order valence-electron chi connectivity index (χ2n) is 2.87. The number of methoxy groups -OCH3 is 1. The van der Waals surface area contributed by atoms with E-state index < -0.39 is 0 Å². The quantitative estimate of drug-likeness (QED) is 0.486. The van der Waals surface area contributed by atoms with Crippen LogP contribution in [-0.2, 0) is 9.53 Å². The Morgan fingerprint density at radius 1 is 1.77 bits per heavy atom. The number of allylic oxidation sites excluding steroid dienone is 1. The highest BCUT2D eigenvalue weighted by Gasteiger charge is 2.06. The molecule has 1 aliphatic carbocycles. The van der Waals surface area contributed by atoms with E-state index in [1.165, 1.54) is 0 Å². The molecule has 0 amide bonds. The second kappa shape index (κ2) is 4.72. The Kier molecular flexibility index (Phi) is 3.58. The molecule has 70 valence electrons. The van der Waals surface area contributed by atoms with Gasteiger partial charge in [0, 0.05) is 7.11 Å². The number of carbonyl (C=O) groups is 1. The maximum atomic E-state index is 10.3. The zero-order chi connectivity index (χ0) is 9.68. The van der Waals surface area contributed by atoms with E-state index in [1.54, 1.807) is 14.0 Å². The molecule has 0 bridgehead atoms. The molecule has 0 aliphatic heterocycles. The second-order valence-corrected chi connectivity index (χ2v) is 2.87. The van der Waals surface area contributed by atoms with E-state index in [4.69, 9.17) is 4.74 Å². The van der Waals surface area contributed by atoms with Crippen molar-refractivity contribution in [3.63, 3.8) is 0 Å². The van der Waals surface area contributed by atoms with Crippen LogP contribution in [0.25, 0.3) is 0 Å². The van der Waals surface area contributed by atoms with Crippen molar-refractivity contribution in [3.8, 4) is 0 Å². The van der Waals surface area contributed by atoms with E-state index in [9.17, 15) is 4.79 Å². The summed E-state index contributed by atoms with van der Waals surface area (Å²) >= 11 is 0. The molecule has 0 aromatic carbocycles. The smallest absolute Gasteiger partial charge is 0.163 e. The number of aldehydes is 1. The standard InChI is InChI=1S/C10H13NO2/c1-8(7-12)11-9-4-3-5-10(6-9)13-2/h3-4,6-7,10H,5H2,1-2H3.